The Labute approximate surface area is 134 Å². The van der Waals surface area contributed by atoms with Crippen LogP contribution in [0, 0.1) is 11.3 Å². The molecule has 2 aromatic rings. The van der Waals surface area contributed by atoms with Gasteiger partial charge in [0.25, 0.3) is 0 Å². The third-order valence-electron chi connectivity index (χ3n) is 3.24. The van der Waals surface area contributed by atoms with Crippen molar-refractivity contribution in [2.45, 2.75) is 19.4 Å². The van der Waals surface area contributed by atoms with Crippen molar-refractivity contribution in [3.8, 4) is 6.07 Å². The summed E-state index contributed by atoms with van der Waals surface area (Å²) in [4.78, 5) is 23.6. The van der Waals surface area contributed by atoms with Gasteiger partial charge in [0.1, 0.15) is 0 Å². The lowest BCUT2D eigenvalue weighted by Gasteiger charge is -2.18. The number of anilines is 1. The third kappa shape index (κ3) is 4.97. The van der Waals surface area contributed by atoms with Gasteiger partial charge >= 0.3 is 0 Å². The molecule has 2 N–H and O–H groups in total. The lowest BCUT2D eigenvalue weighted by molar-refractivity contribution is -0.120. The van der Waals surface area contributed by atoms with Crippen LogP contribution in [0.3, 0.4) is 0 Å². The highest BCUT2D eigenvalue weighted by molar-refractivity contribution is 5.91. The molecule has 2 rings (SSSR count). The van der Waals surface area contributed by atoms with E-state index in [-0.39, 0.29) is 18.2 Å². The van der Waals surface area contributed by atoms with Crippen LogP contribution in [0.1, 0.15) is 30.5 Å². The molecule has 5 heteroatoms. The number of benzene rings is 2. The first-order valence-corrected chi connectivity index (χ1v) is 7.20. The number of hydrogen-bond acceptors (Lipinski definition) is 3. The summed E-state index contributed by atoms with van der Waals surface area (Å²) < 4.78 is 0. The molecule has 1 atom stereocenters. The molecule has 0 aromatic heterocycles. The van der Waals surface area contributed by atoms with Crippen molar-refractivity contribution < 1.29 is 9.59 Å². The van der Waals surface area contributed by atoms with E-state index in [1.807, 2.05) is 36.4 Å². The molecule has 0 spiro atoms. The van der Waals surface area contributed by atoms with Crippen LogP contribution < -0.4 is 10.6 Å². The van der Waals surface area contributed by atoms with Gasteiger partial charge in [-0.15, -0.1) is 0 Å². The van der Waals surface area contributed by atoms with Crippen molar-refractivity contribution in [2.75, 3.05) is 5.32 Å². The van der Waals surface area contributed by atoms with E-state index in [0.717, 1.165) is 5.56 Å². The summed E-state index contributed by atoms with van der Waals surface area (Å²) in [7, 11) is 0. The number of hydrogen-bond donors (Lipinski definition) is 2. The maximum Gasteiger partial charge on any atom is 0.226 e. The Kier molecular flexibility index (Phi) is 5.48. The number of carbonyl (C=O) groups excluding carboxylic acids is 2. The molecule has 0 saturated heterocycles. The van der Waals surface area contributed by atoms with E-state index >= 15 is 0 Å². The molecule has 0 radical (unpaired) electrons. The van der Waals surface area contributed by atoms with E-state index in [2.05, 4.69) is 10.6 Å². The first kappa shape index (κ1) is 16.2. The number of rotatable bonds is 5. The van der Waals surface area contributed by atoms with Gasteiger partial charge in [-0.05, 0) is 23.8 Å². The van der Waals surface area contributed by atoms with Gasteiger partial charge in [-0.25, -0.2) is 0 Å². The number of carbonyl (C=O) groups is 2. The molecule has 0 fully saturated rings. The van der Waals surface area contributed by atoms with E-state index < -0.39 is 6.04 Å². The molecule has 0 aliphatic rings. The summed E-state index contributed by atoms with van der Waals surface area (Å²) >= 11 is 0. The van der Waals surface area contributed by atoms with Gasteiger partial charge in [0.05, 0.1) is 24.1 Å². The smallest absolute Gasteiger partial charge is 0.226 e. The van der Waals surface area contributed by atoms with Gasteiger partial charge in [0.15, 0.2) is 0 Å². The van der Waals surface area contributed by atoms with Gasteiger partial charge in [-0.2, -0.15) is 5.26 Å². The predicted molar refractivity (Wildman–Crippen MR) is 87.4 cm³/mol. The Hall–Kier alpha value is -3.13. The normalized spacial score (nSPS) is 11.1. The van der Waals surface area contributed by atoms with Gasteiger partial charge in [-0.3, -0.25) is 9.59 Å². The third-order valence-corrected chi connectivity index (χ3v) is 3.24. The fraction of sp³-hybridized carbons (Fsp3) is 0.167. The van der Waals surface area contributed by atoms with Crippen molar-refractivity contribution in [3.63, 3.8) is 0 Å². The quantitative estimate of drug-likeness (QED) is 0.891. The Morgan fingerprint density at radius 1 is 1.13 bits per heavy atom. The topological polar surface area (TPSA) is 82.0 Å². The van der Waals surface area contributed by atoms with E-state index in [4.69, 9.17) is 5.26 Å². The number of nitrogens with one attached hydrogen (secondary N) is 2. The minimum absolute atomic E-state index is 0.111. The highest BCUT2D eigenvalue weighted by atomic mass is 16.2. The van der Waals surface area contributed by atoms with E-state index in [9.17, 15) is 9.59 Å². The second-order valence-corrected chi connectivity index (χ2v) is 5.11. The van der Waals surface area contributed by atoms with E-state index in [1.165, 1.54) is 6.92 Å². The standard InChI is InChI=1S/C18H17N3O2/c1-13(22)20-17(15-7-3-2-4-8-15)11-18(23)21-16-9-5-6-14(10-16)12-19/h2-10,17H,11H2,1H3,(H,20,22)(H,21,23)/t17-/m0/s1. The first-order valence-electron chi connectivity index (χ1n) is 7.20. The summed E-state index contributed by atoms with van der Waals surface area (Å²) in [5.74, 6) is -0.430. The van der Waals surface area contributed by atoms with Crippen molar-refractivity contribution in [1.29, 1.82) is 5.26 Å². The first-order chi connectivity index (χ1) is 11.1. The predicted octanol–water partition coefficient (Wildman–Crippen LogP) is 2.76. The average molecular weight is 307 g/mol. The molecule has 116 valence electrons. The lowest BCUT2D eigenvalue weighted by atomic mass is 10.0. The molecule has 0 aliphatic carbocycles. The van der Waals surface area contributed by atoms with Gasteiger partial charge in [-0.1, -0.05) is 36.4 Å². The minimum atomic E-state index is -0.396. The van der Waals surface area contributed by atoms with Crippen LogP contribution in [-0.4, -0.2) is 11.8 Å². The van der Waals surface area contributed by atoms with Gasteiger partial charge in [0.2, 0.25) is 11.8 Å². The highest BCUT2D eigenvalue weighted by Crippen LogP contribution is 2.18. The van der Waals surface area contributed by atoms with E-state index in [0.29, 0.717) is 11.3 Å². The summed E-state index contributed by atoms with van der Waals surface area (Å²) in [5, 5.41) is 14.4. The summed E-state index contributed by atoms with van der Waals surface area (Å²) in [6.45, 7) is 1.42. The Morgan fingerprint density at radius 2 is 1.87 bits per heavy atom. The molecule has 0 bridgehead atoms. The van der Waals surface area contributed by atoms with Crippen LogP contribution in [0.15, 0.2) is 54.6 Å². The molecule has 5 nitrogen and oxygen atoms in total. The molecule has 0 saturated carbocycles. The largest absolute Gasteiger partial charge is 0.349 e. The fourth-order valence-electron chi connectivity index (χ4n) is 2.25. The summed E-state index contributed by atoms with van der Waals surface area (Å²) in [6.07, 6.45) is 0.111. The molecular weight excluding hydrogens is 290 g/mol. The molecular formula is C18H17N3O2. The van der Waals surface area contributed by atoms with Crippen LogP contribution in [-0.2, 0) is 9.59 Å². The molecule has 0 heterocycles. The number of nitrogens with zero attached hydrogens (tertiary/aromatic N) is 1. The lowest BCUT2D eigenvalue weighted by Crippen LogP contribution is -2.29. The van der Waals surface area contributed by atoms with Crippen LogP contribution in [0.5, 0.6) is 0 Å². The highest BCUT2D eigenvalue weighted by Gasteiger charge is 2.17. The van der Waals surface area contributed by atoms with Crippen molar-refractivity contribution in [1.82, 2.24) is 5.32 Å². The Balaban J connectivity index is 2.08. The van der Waals surface area contributed by atoms with Gasteiger partial charge < -0.3 is 10.6 Å². The molecule has 0 unspecified atom stereocenters. The molecule has 2 amide bonds. The molecule has 2 aromatic carbocycles. The van der Waals surface area contributed by atoms with Crippen LogP contribution in [0.4, 0.5) is 5.69 Å². The minimum Gasteiger partial charge on any atom is -0.349 e. The number of nitriles is 1. The Morgan fingerprint density at radius 3 is 2.52 bits per heavy atom. The summed E-state index contributed by atoms with van der Waals surface area (Å²) in [5.41, 5.74) is 1.90. The molecule has 23 heavy (non-hydrogen) atoms. The maximum absolute atomic E-state index is 12.2. The van der Waals surface area contributed by atoms with Crippen molar-refractivity contribution in [3.05, 3.63) is 65.7 Å². The maximum atomic E-state index is 12.2. The SMILES string of the molecule is CC(=O)N[C@@H](CC(=O)Nc1cccc(C#N)c1)c1ccccc1. The van der Waals surface area contributed by atoms with Gasteiger partial charge in [0, 0.05) is 12.6 Å². The molecule has 0 aliphatic heterocycles. The fourth-order valence-corrected chi connectivity index (χ4v) is 2.25. The zero-order valence-corrected chi connectivity index (χ0v) is 12.7. The van der Waals surface area contributed by atoms with Crippen molar-refractivity contribution in [2.24, 2.45) is 0 Å². The zero-order valence-electron chi connectivity index (χ0n) is 12.7. The van der Waals surface area contributed by atoms with Crippen LogP contribution >= 0.6 is 0 Å². The summed E-state index contributed by atoms with van der Waals surface area (Å²) in [6, 6.07) is 17.6. The Bertz CT molecular complexity index is 735. The second-order valence-electron chi connectivity index (χ2n) is 5.11. The van der Waals surface area contributed by atoms with Crippen molar-refractivity contribution >= 4 is 17.5 Å². The second kappa shape index (κ2) is 7.76. The van der Waals surface area contributed by atoms with Crippen LogP contribution in [0.2, 0.25) is 0 Å². The van der Waals surface area contributed by atoms with Crippen LogP contribution in [0.25, 0.3) is 0 Å². The van der Waals surface area contributed by atoms with E-state index in [1.54, 1.807) is 24.3 Å². The monoisotopic (exact) mass is 307 g/mol. The number of amides is 2. The average Bonchev–Trinajstić information content (AvgIpc) is 2.54. The zero-order chi connectivity index (χ0) is 16.7.